The Morgan fingerprint density at radius 3 is 2.70 bits per heavy atom. The van der Waals surface area contributed by atoms with Gasteiger partial charge in [0.25, 0.3) is 10.0 Å². The lowest BCUT2D eigenvalue weighted by Crippen LogP contribution is -2.12. The van der Waals surface area contributed by atoms with Gasteiger partial charge < -0.3 is 14.5 Å². The summed E-state index contributed by atoms with van der Waals surface area (Å²) in [7, 11) is -0.523. The number of nitrogens with zero attached hydrogens (tertiary/aromatic N) is 1. The molecule has 108 valence electrons. The van der Waals surface area contributed by atoms with Gasteiger partial charge in [-0.05, 0) is 25.2 Å². The molecule has 0 saturated carbocycles. The van der Waals surface area contributed by atoms with Crippen molar-refractivity contribution in [2.24, 2.45) is 0 Å². The van der Waals surface area contributed by atoms with Crippen LogP contribution in [0.4, 0.5) is 5.69 Å². The average Bonchev–Trinajstić information content (AvgIpc) is 2.89. The second-order valence-electron chi connectivity index (χ2n) is 3.95. The number of rotatable bonds is 6. The standard InChI is InChI=1S/C12H15N3O4S/c1-13-8-10-4-6-12(19-10)20(16,17)15-9-3-5-11(18-2)14-7-9/h3-7,13,15H,8H2,1-2H3. The third-order valence-corrected chi connectivity index (χ3v) is 3.70. The minimum Gasteiger partial charge on any atom is -0.481 e. The summed E-state index contributed by atoms with van der Waals surface area (Å²) < 4.78 is 36.7. The van der Waals surface area contributed by atoms with Crippen molar-refractivity contribution in [3.63, 3.8) is 0 Å². The van der Waals surface area contributed by atoms with Crippen molar-refractivity contribution in [3.8, 4) is 5.88 Å². The highest BCUT2D eigenvalue weighted by Gasteiger charge is 2.19. The molecule has 0 aliphatic carbocycles. The summed E-state index contributed by atoms with van der Waals surface area (Å²) in [5.74, 6) is 0.947. The Kier molecular flexibility index (Phi) is 4.26. The second-order valence-corrected chi connectivity index (χ2v) is 5.56. The van der Waals surface area contributed by atoms with Gasteiger partial charge in [0, 0.05) is 6.07 Å². The summed E-state index contributed by atoms with van der Waals surface area (Å²) in [5, 5.41) is 2.74. The topological polar surface area (TPSA) is 93.5 Å². The smallest absolute Gasteiger partial charge is 0.295 e. The number of hydrogen-bond donors (Lipinski definition) is 2. The zero-order valence-corrected chi connectivity index (χ0v) is 11.9. The predicted molar refractivity (Wildman–Crippen MR) is 73.1 cm³/mol. The molecule has 8 heteroatoms. The number of anilines is 1. The molecule has 0 atom stereocenters. The van der Waals surface area contributed by atoms with Crippen LogP contribution in [0.15, 0.2) is 40.0 Å². The molecule has 0 spiro atoms. The van der Waals surface area contributed by atoms with E-state index in [4.69, 9.17) is 9.15 Å². The van der Waals surface area contributed by atoms with Crippen molar-refractivity contribution in [1.29, 1.82) is 0 Å². The maximum Gasteiger partial charge on any atom is 0.295 e. The van der Waals surface area contributed by atoms with Crippen molar-refractivity contribution >= 4 is 15.7 Å². The van der Waals surface area contributed by atoms with Crippen LogP contribution >= 0.6 is 0 Å². The first kappa shape index (κ1) is 14.4. The molecule has 0 saturated heterocycles. The number of sulfonamides is 1. The van der Waals surface area contributed by atoms with Crippen molar-refractivity contribution in [2.45, 2.75) is 11.6 Å². The highest BCUT2D eigenvalue weighted by atomic mass is 32.2. The molecule has 0 aliphatic heterocycles. The first-order chi connectivity index (χ1) is 9.55. The van der Waals surface area contributed by atoms with Crippen LogP contribution in [0.3, 0.4) is 0 Å². The Labute approximate surface area is 117 Å². The van der Waals surface area contributed by atoms with Crippen LogP contribution in [0.1, 0.15) is 5.76 Å². The molecule has 20 heavy (non-hydrogen) atoms. The molecule has 2 aromatic heterocycles. The van der Waals surface area contributed by atoms with Crippen LogP contribution in [0, 0.1) is 0 Å². The van der Waals surface area contributed by atoms with Crippen LogP contribution in [0.25, 0.3) is 0 Å². The van der Waals surface area contributed by atoms with E-state index in [1.807, 2.05) is 0 Å². The zero-order valence-electron chi connectivity index (χ0n) is 11.1. The molecular weight excluding hydrogens is 282 g/mol. The molecule has 0 radical (unpaired) electrons. The summed E-state index contributed by atoms with van der Waals surface area (Å²) in [5.41, 5.74) is 0.331. The average molecular weight is 297 g/mol. The third kappa shape index (κ3) is 3.28. The quantitative estimate of drug-likeness (QED) is 0.832. The van der Waals surface area contributed by atoms with Crippen LogP contribution < -0.4 is 14.8 Å². The Hall–Kier alpha value is -2.06. The van der Waals surface area contributed by atoms with E-state index in [-0.39, 0.29) is 5.09 Å². The minimum absolute atomic E-state index is 0.140. The normalized spacial score (nSPS) is 11.3. The SMILES string of the molecule is CNCc1ccc(S(=O)(=O)Nc2ccc(OC)nc2)o1. The fourth-order valence-corrected chi connectivity index (χ4v) is 2.53. The summed E-state index contributed by atoms with van der Waals surface area (Å²) in [6.07, 6.45) is 1.37. The first-order valence-corrected chi connectivity index (χ1v) is 7.29. The molecule has 0 unspecified atom stereocenters. The monoisotopic (exact) mass is 297 g/mol. The van der Waals surface area contributed by atoms with Crippen LogP contribution in [-0.2, 0) is 16.6 Å². The van der Waals surface area contributed by atoms with Gasteiger partial charge in [-0.2, -0.15) is 8.42 Å². The largest absolute Gasteiger partial charge is 0.481 e. The van der Waals surface area contributed by atoms with Crippen molar-refractivity contribution in [3.05, 3.63) is 36.2 Å². The molecule has 2 N–H and O–H groups in total. The predicted octanol–water partition coefficient (Wildman–Crippen LogP) is 1.20. The van der Waals surface area contributed by atoms with Gasteiger partial charge in [0.1, 0.15) is 5.76 Å². The molecule has 0 aliphatic rings. The van der Waals surface area contributed by atoms with Gasteiger partial charge in [-0.15, -0.1) is 0 Å². The lowest BCUT2D eigenvalue weighted by atomic mass is 10.4. The van der Waals surface area contributed by atoms with Gasteiger partial charge in [0.2, 0.25) is 11.0 Å². The fourth-order valence-electron chi connectivity index (χ4n) is 1.54. The molecule has 0 amide bonds. The molecule has 0 bridgehead atoms. The van der Waals surface area contributed by atoms with Gasteiger partial charge in [0.05, 0.1) is 25.5 Å². The molecule has 0 aromatic carbocycles. The van der Waals surface area contributed by atoms with Gasteiger partial charge in [-0.25, -0.2) is 4.98 Å². The number of nitrogens with one attached hydrogen (secondary N) is 2. The Morgan fingerprint density at radius 2 is 2.10 bits per heavy atom. The third-order valence-electron chi connectivity index (χ3n) is 2.45. The van der Waals surface area contributed by atoms with Crippen molar-refractivity contribution in [2.75, 3.05) is 18.9 Å². The van der Waals surface area contributed by atoms with Crippen LogP contribution in [0.2, 0.25) is 0 Å². The highest BCUT2D eigenvalue weighted by molar-refractivity contribution is 7.92. The molecule has 2 aromatic rings. The molecular formula is C12H15N3O4S. The van der Waals surface area contributed by atoms with Gasteiger partial charge in [0.15, 0.2) is 0 Å². The van der Waals surface area contributed by atoms with E-state index < -0.39 is 10.0 Å². The Balaban J connectivity index is 2.16. The van der Waals surface area contributed by atoms with E-state index in [1.165, 1.54) is 19.4 Å². The summed E-state index contributed by atoms with van der Waals surface area (Å²) in [4.78, 5) is 3.92. The molecule has 2 heterocycles. The minimum atomic E-state index is -3.76. The highest BCUT2D eigenvalue weighted by Crippen LogP contribution is 2.19. The van der Waals surface area contributed by atoms with Crippen molar-refractivity contribution < 1.29 is 17.6 Å². The Morgan fingerprint density at radius 1 is 1.30 bits per heavy atom. The number of methoxy groups -OCH3 is 1. The van der Waals surface area contributed by atoms with E-state index in [0.29, 0.717) is 23.9 Å². The summed E-state index contributed by atoms with van der Waals surface area (Å²) in [6, 6.07) is 6.14. The van der Waals surface area contributed by atoms with E-state index in [1.54, 1.807) is 25.2 Å². The number of hydrogen-bond acceptors (Lipinski definition) is 6. The summed E-state index contributed by atoms with van der Waals surface area (Å²) in [6.45, 7) is 0.458. The van der Waals surface area contributed by atoms with Crippen molar-refractivity contribution in [1.82, 2.24) is 10.3 Å². The van der Waals surface area contributed by atoms with Gasteiger partial charge >= 0.3 is 0 Å². The maximum atomic E-state index is 12.1. The lowest BCUT2D eigenvalue weighted by molar-refractivity contribution is 0.398. The van der Waals surface area contributed by atoms with Gasteiger partial charge in [-0.1, -0.05) is 0 Å². The Bertz CT molecular complexity index is 664. The second kappa shape index (κ2) is 5.93. The van der Waals surface area contributed by atoms with E-state index in [0.717, 1.165) is 0 Å². The summed E-state index contributed by atoms with van der Waals surface area (Å²) >= 11 is 0. The van der Waals surface area contributed by atoms with E-state index in [9.17, 15) is 8.42 Å². The number of furan rings is 1. The molecule has 7 nitrogen and oxygen atoms in total. The van der Waals surface area contributed by atoms with E-state index in [2.05, 4.69) is 15.0 Å². The van der Waals surface area contributed by atoms with E-state index >= 15 is 0 Å². The van der Waals surface area contributed by atoms with Gasteiger partial charge in [-0.3, -0.25) is 4.72 Å². The molecule has 2 rings (SSSR count). The maximum absolute atomic E-state index is 12.1. The molecule has 0 fully saturated rings. The first-order valence-electron chi connectivity index (χ1n) is 5.81. The lowest BCUT2D eigenvalue weighted by Gasteiger charge is -2.06. The number of pyridine rings is 1. The van der Waals surface area contributed by atoms with Crippen LogP contribution in [-0.4, -0.2) is 27.6 Å². The van der Waals surface area contributed by atoms with Crippen LogP contribution in [0.5, 0.6) is 5.88 Å². The number of aromatic nitrogens is 1. The zero-order chi connectivity index (χ0) is 14.6. The number of ether oxygens (including phenoxy) is 1. The fraction of sp³-hybridized carbons (Fsp3) is 0.250.